The summed E-state index contributed by atoms with van der Waals surface area (Å²) in [7, 11) is 0. The fourth-order valence-electron chi connectivity index (χ4n) is 2.50. The van der Waals surface area contributed by atoms with Crippen molar-refractivity contribution in [3.8, 4) is 5.75 Å². The van der Waals surface area contributed by atoms with Gasteiger partial charge in [0.1, 0.15) is 12.7 Å². The lowest BCUT2D eigenvalue weighted by Crippen LogP contribution is -2.11. The van der Waals surface area contributed by atoms with Crippen LogP contribution in [0.2, 0.25) is 0 Å². The molecule has 2 heterocycles. The molecule has 1 saturated heterocycles. The summed E-state index contributed by atoms with van der Waals surface area (Å²) in [6.45, 7) is 5.23. The minimum absolute atomic E-state index is 0.129. The molecule has 1 aliphatic rings. The summed E-state index contributed by atoms with van der Waals surface area (Å²) in [6, 6.07) is 10.1. The Morgan fingerprint density at radius 3 is 2.74 bits per heavy atom. The molecule has 1 aromatic carbocycles. The molecule has 1 unspecified atom stereocenters. The summed E-state index contributed by atoms with van der Waals surface area (Å²) in [5.74, 6) is 0.196. The average Bonchev–Trinajstić information content (AvgIpc) is 3.33. The minimum atomic E-state index is -0.387. The Morgan fingerprint density at radius 2 is 2.09 bits per heavy atom. The number of aromatic amines is 1. The lowest BCUT2D eigenvalue weighted by molar-refractivity contribution is 0.0514. The lowest BCUT2D eigenvalue weighted by Gasteiger charge is -2.09. The number of benzene rings is 1. The van der Waals surface area contributed by atoms with Gasteiger partial charge in [0.15, 0.2) is 11.4 Å². The number of aryl methyl sites for hydroxylation is 1. The monoisotopic (exact) mass is 315 g/mol. The Bertz CT molecular complexity index is 674. The quantitative estimate of drug-likeness (QED) is 0.630. The largest absolute Gasteiger partial charge is 0.488 e. The molecule has 1 aromatic heterocycles. The van der Waals surface area contributed by atoms with Crippen molar-refractivity contribution in [3.63, 3.8) is 0 Å². The first-order valence-electron chi connectivity index (χ1n) is 7.86. The first-order valence-corrected chi connectivity index (χ1v) is 7.86. The molecule has 1 fully saturated rings. The number of nitrogens with one attached hydrogen (secondary N) is 1. The predicted molar refractivity (Wildman–Crippen MR) is 86.0 cm³/mol. The van der Waals surface area contributed by atoms with Gasteiger partial charge in [-0.2, -0.15) is 0 Å². The summed E-state index contributed by atoms with van der Waals surface area (Å²) >= 11 is 0. The van der Waals surface area contributed by atoms with Crippen LogP contribution in [0.5, 0.6) is 5.75 Å². The molecule has 1 N–H and O–H groups in total. The van der Waals surface area contributed by atoms with E-state index in [4.69, 9.17) is 14.2 Å². The fraction of sp³-hybridized carbons (Fsp3) is 0.389. The smallest absolute Gasteiger partial charge is 0.358 e. The van der Waals surface area contributed by atoms with Crippen LogP contribution in [0.3, 0.4) is 0 Å². The second-order valence-electron chi connectivity index (χ2n) is 5.58. The van der Waals surface area contributed by atoms with Crippen molar-refractivity contribution >= 4 is 5.97 Å². The van der Waals surface area contributed by atoms with Crippen LogP contribution in [0, 0.1) is 6.92 Å². The molecule has 0 saturated carbocycles. The van der Waals surface area contributed by atoms with Crippen LogP contribution < -0.4 is 4.74 Å². The highest BCUT2D eigenvalue weighted by molar-refractivity contribution is 5.91. The number of hydrogen-bond donors (Lipinski definition) is 1. The first-order chi connectivity index (χ1) is 11.2. The average molecular weight is 315 g/mol. The topological polar surface area (TPSA) is 63.9 Å². The van der Waals surface area contributed by atoms with E-state index in [9.17, 15) is 4.79 Å². The molecule has 0 radical (unpaired) electrons. The Labute approximate surface area is 135 Å². The van der Waals surface area contributed by atoms with Crippen molar-refractivity contribution in [2.75, 3.05) is 19.8 Å². The molecule has 5 heteroatoms. The van der Waals surface area contributed by atoms with E-state index in [1.54, 1.807) is 6.92 Å². The molecular weight excluding hydrogens is 294 g/mol. The number of carbonyl (C=O) groups excluding carboxylic acids is 1. The van der Waals surface area contributed by atoms with Gasteiger partial charge < -0.3 is 19.2 Å². The maximum Gasteiger partial charge on any atom is 0.358 e. The highest BCUT2D eigenvalue weighted by atomic mass is 16.6. The highest BCUT2D eigenvalue weighted by Gasteiger charge is 2.27. The Hall–Kier alpha value is -2.27. The number of hydrogen-bond acceptors (Lipinski definition) is 4. The number of esters is 1. The summed E-state index contributed by atoms with van der Waals surface area (Å²) in [5.41, 5.74) is 3.46. The third-order valence-corrected chi connectivity index (χ3v) is 3.79. The lowest BCUT2D eigenvalue weighted by atomic mass is 10.0. The SMILES string of the molecule is CCOC(=O)c1[nH]c(C)c(Cc2ccccc2)c1OCC1CO1. The molecule has 0 spiro atoms. The molecule has 1 atom stereocenters. The van der Waals surface area contributed by atoms with Gasteiger partial charge in [-0.3, -0.25) is 0 Å². The van der Waals surface area contributed by atoms with E-state index >= 15 is 0 Å². The van der Waals surface area contributed by atoms with Gasteiger partial charge in [-0.05, 0) is 19.4 Å². The zero-order valence-corrected chi connectivity index (χ0v) is 13.4. The second-order valence-corrected chi connectivity index (χ2v) is 5.58. The van der Waals surface area contributed by atoms with E-state index in [1.165, 1.54) is 0 Å². The normalized spacial score (nSPS) is 16.2. The third kappa shape index (κ3) is 3.74. The zero-order valence-electron chi connectivity index (χ0n) is 13.4. The number of H-pyrrole nitrogens is 1. The molecule has 0 bridgehead atoms. The number of aromatic nitrogens is 1. The van der Waals surface area contributed by atoms with Crippen molar-refractivity contribution in [1.82, 2.24) is 4.98 Å². The van der Waals surface area contributed by atoms with Crippen LogP contribution in [0.1, 0.15) is 34.2 Å². The first kappa shape index (κ1) is 15.6. The van der Waals surface area contributed by atoms with Crippen LogP contribution >= 0.6 is 0 Å². The van der Waals surface area contributed by atoms with Crippen molar-refractivity contribution < 1.29 is 19.0 Å². The molecule has 3 rings (SSSR count). The van der Waals surface area contributed by atoms with Crippen molar-refractivity contribution in [2.45, 2.75) is 26.4 Å². The van der Waals surface area contributed by atoms with E-state index in [0.29, 0.717) is 37.7 Å². The Balaban J connectivity index is 1.90. The van der Waals surface area contributed by atoms with Gasteiger partial charge in [-0.25, -0.2) is 4.79 Å². The van der Waals surface area contributed by atoms with Gasteiger partial charge >= 0.3 is 5.97 Å². The van der Waals surface area contributed by atoms with Gasteiger partial charge in [0.2, 0.25) is 0 Å². The van der Waals surface area contributed by atoms with Crippen LogP contribution in [0.15, 0.2) is 30.3 Å². The van der Waals surface area contributed by atoms with Crippen LogP contribution in [0.25, 0.3) is 0 Å². The van der Waals surface area contributed by atoms with E-state index in [1.807, 2.05) is 25.1 Å². The Morgan fingerprint density at radius 1 is 1.35 bits per heavy atom. The van der Waals surface area contributed by atoms with E-state index in [2.05, 4.69) is 17.1 Å². The molecule has 0 amide bonds. The number of epoxide rings is 1. The van der Waals surface area contributed by atoms with Crippen molar-refractivity contribution in [2.24, 2.45) is 0 Å². The summed E-state index contributed by atoms with van der Waals surface area (Å²) in [4.78, 5) is 15.3. The summed E-state index contributed by atoms with van der Waals surface area (Å²) in [5, 5.41) is 0. The van der Waals surface area contributed by atoms with Gasteiger partial charge in [-0.1, -0.05) is 30.3 Å². The molecular formula is C18H21NO4. The van der Waals surface area contributed by atoms with Gasteiger partial charge in [0.25, 0.3) is 0 Å². The predicted octanol–water partition coefficient (Wildman–Crippen LogP) is 2.87. The van der Waals surface area contributed by atoms with Gasteiger partial charge in [0.05, 0.1) is 13.2 Å². The summed E-state index contributed by atoms with van der Waals surface area (Å²) in [6.07, 6.45) is 0.827. The maximum atomic E-state index is 12.2. The molecule has 122 valence electrons. The van der Waals surface area contributed by atoms with Crippen LogP contribution in [0.4, 0.5) is 0 Å². The van der Waals surface area contributed by atoms with Gasteiger partial charge in [0, 0.05) is 17.7 Å². The zero-order chi connectivity index (χ0) is 16.2. The standard InChI is InChI=1S/C18H21NO4/c1-3-21-18(20)16-17(23-11-14-10-22-14)15(12(2)19-16)9-13-7-5-4-6-8-13/h4-8,14,19H,3,9-11H2,1-2H3. The van der Waals surface area contributed by atoms with Crippen LogP contribution in [-0.2, 0) is 15.9 Å². The molecule has 2 aromatic rings. The molecule has 5 nitrogen and oxygen atoms in total. The fourth-order valence-corrected chi connectivity index (χ4v) is 2.50. The molecule has 1 aliphatic heterocycles. The Kier molecular flexibility index (Phi) is 4.67. The van der Waals surface area contributed by atoms with Gasteiger partial charge in [-0.15, -0.1) is 0 Å². The highest BCUT2D eigenvalue weighted by Crippen LogP contribution is 2.31. The number of rotatable bonds is 7. The molecule has 23 heavy (non-hydrogen) atoms. The molecule has 0 aliphatic carbocycles. The van der Waals surface area contributed by atoms with Crippen molar-refractivity contribution in [1.29, 1.82) is 0 Å². The third-order valence-electron chi connectivity index (χ3n) is 3.79. The minimum Gasteiger partial charge on any atom is -0.488 e. The maximum absolute atomic E-state index is 12.2. The second kappa shape index (κ2) is 6.87. The van der Waals surface area contributed by atoms with Crippen molar-refractivity contribution in [3.05, 3.63) is 52.8 Å². The van der Waals surface area contributed by atoms with E-state index < -0.39 is 0 Å². The van der Waals surface area contributed by atoms with E-state index in [0.717, 1.165) is 16.8 Å². The summed E-state index contributed by atoms with van der Waals surface area (Å²) < 4.78 is 16.2. The van der Waals surface area contributed by atoms with Crippen LogP contribution in [-0.4, -0.2) is 36.9 Å². The van der Waals surface area contributed by atoms with E-state index in [-0.39, 0.29) is 12.1 Å². The number of ether oxygens (including phenoxy) is 3. The number of carbonyl (C=O) groups is 1.